The number of rotatable bonds is 2. The van der Waals surface area contributed by atoms with Crippen molar-refractivity contribution >= 4 is 22.9 Å². The molecule has 0 bridgehead atoms. The van der Waals surface area contributed by atoms with Gasteiger partial charge in [-0.1, -0.05) is 11.6 Å². The van der Waals surface area contributed by atoms with Gasteiger partial charge in [0.2, 0.25) is 0 Å². The zero-order chi connectivity index (χ0) is 8.77. The minimum Gasteiger partial charge on any atom is -0.392 e. The molecule has 66 valence electrons. The second-order valence-corrected chi connectivity index (χ2v) is 4.92. The van der Waals surface area contributed by atoms with Crippen molar-refractivity contribution in [2.45, 2.75) is 31.3 Å². The molecule has 0 radical (unpaired) electrons. The van der Waals surface area contributed by atoms with E-state index in [1.165, 1.54) is 11.3 Å². The summed E-state index contributed by atoms with van der Waals surface area (Å²) in [6.45, 7) is 1.83. The van der Waals surface area contributed by atoms with E-state index in [4.69, 9.17) is 11.6 Å². The third kappa shape index (κ3) is 1.16. The van der Waals surface area contributed by atoms with Crippen molar-refractivity contribution < 1.29 is 5.11 Å². The highest BCUT2D eigenvalue weighted by molar-refractivity contribution is 7.15. The van der Waals surface area contributed by atoms with E-state index in [0.717, 1.165) is 17.7 Å². The largest absolute Gasteiger partial charge is 0.392 e. The Morgan fingerprint density at radius 1 is 1.75 bits per heavy atom. The number of aliphatic hydroxyl groups is 1. The lowest BCUT2D eigenvalue weighted by Gasteiger charge is -2.15. The van der Waals surface area contributed by atoms with Gasteiger partial charge in [0.15, 0.2) is 4.47 Å². The molecule has 0 aromatic carbocycles. The van der Waals surface area contributed by atoms with Gasteiger partial charge in [-0.15, -0.1) is 11.3 Å². The SMILES string of the molecule is CC(O)C1(c2cnc(Cl)s2)CC1. The molecule has 1 heterocycles. The van der Waals surface area contributed by atoms with Crippen LogP contribution in [0.2, 0.25) is 4.47 Å². The van der Waals surface area contributed by atoms with Gasteiger partial charge in [-0.2, -0.15) is 0 Å². The lowest BCUT2D eigenvalue weighted by atomic mass is 10.00. The van der Waals surface area contributed by atoms with E-state index in [2.05, 4.69) is 4.98 Å². The van der Waals surface area contributed by atoms with Crippen molar-refractivity contribution in [3.05, 3.63) is 15.5 Å². The van der Waals surface area contributed by atoms with Gasteiger partial charge >= 0.3 is 0 Å². The molecule has 1 aromatic rings. The fraction of sp³-hybridized carbons (Fsp3) is 0.625. The van der Waals surface area contributed by atoms with Crippen LogP contribution in [0.1, 0.15) is 24.6 Å². The van der Waals surface area contributed by atoms with Gasteiger partial charge in [0.1, 0.15) is 0 Å². The molecule has 0 saturated heterocycles. The van der Waals surface area contributed by atoms with Crippen LogP contribution in [0.4, 0.5) is 0 Å². The highest BCUT2D eigenvalue weighted by Crippen LogP contribution is 2.52. The van der Waals surface area contributed by atoms with Crippen molar-refractivity contribution in [2.75, 3.05) is 0 Å². The summed E-state index contributed by atoms with van der Waals surface area (Å²) in [6.07, 6.45) is 3.62. The van der Waals surface area contributed by atoms with Crippen LogP contribution in [0, 0.1) is 0 Å². The van der Waals surface area contributed by atoms with Crippen molar-refractivity contribution in [3.63, 3.8) is 0 Å². The quantitative estimate of drug-likeness (QED) is 0.800. The van der Waals surface area contributed by atoms with Crippen molar-refractivity contribution in [1.29, 1.82) is 0 Å². The summed E-state index contributed by atoms with van der Waals surface area (Å²) < 4.78 is 0.567. The zero-order valence-corrected chi connectivity index (χ0v) is 8.32. The van der Waals surface area contributed by atoms with E-state index in [0.29, 0.717) is 4.47 Å². The molecule has 1 N–H and O–H groups in total. The van der Waals surface area contributed by atoms with Crippen molar-refractivity contribution in [2.24, 2.45) is 0 Å². The highest BCUT2D eigenvalue weighted by Gasteiger charge is 2.49. The van der Waals surface area contributed by atoms with Gasteiger partial charge in [-0.05, 0) is 19.8 Å². The lowest BCUT2D eigenvalue weighted by molar-refractivity contribution is 0.152. The standard InChI is InChI=1S/C8H10ClNOS/c1-5(11)8(2-3-8)6-4-10-7(9)12-6/h4-5,11H,2-3H2,1H3. The van der Waals surface area contributed by atoms with Crippen LogP contribution < -0.4 is 0 Å². The number of hydrogen-bond acceptors (Lipinski definition) is 3. The second kappa shape index (κ2) is 2.69. The first-order chi connectivity index (χ1) is 5.65. The van der Waals surface area contributed by atoms with E-state index < -0.39 is 0 Å². The number of aliphatic hydroxyl groups excluding tert-OH is 1. The Morgan fingerprint density at radius 2 is 2.42 bits per heavy atom. The minimum atomic E-state index is -0.283. The monoisotopic (exact) mass is 203 g/mol. The highest BCUT2D eigenvalue weighted by atomic mass is 35.5. The van der Waals surface area contributed by atoms with Crippen LogP contribution in [0.15, 0.2) is 6.20 Å². The molecule has 0 spiro atoms. The summed E-state index contributed by atoms with van der Waals surface area (Å²) in [5.74, 6) is 0. The smallest absolute Gasteiger partial charge is 0.183 e. The van der Waals surface area contributed by atoms with E-state index in [-0.39, 0.29) is 11.5 Å². The summed E-state index contributed by atoms with van der Waals surface area (Å²) in [4.78, 5) is 5.11. The molecular formula is C8H10ClNOS. The van der Waals surface area contributed by atoms with Gasteiger partial charge in [0.25, 0.3) is 0 Å². The Hall–Kier alpha value is -0.120. The van der Waals surface area contributed by atoms with E-state index in [1.54, 1.807) is 6.20 Å². The molecule has 1 atom stereocenters. The molecule has 12 heavy (non-hydrogen) atoms. The van der Waals surface area contributed by atoms with Gasteiger partial charge in [0.05, 0.1) is 6.10 Å². The van der Waals surface area contributed by atoms with Crippen LogP contribution in [0.3, 0.4) is 0 Å². The zero-order valence-electron chi connectivity index (χ0n) is 6.75. The molecule has 2 nitrogen and oxygen atoms in total. The summed E-state index contributed by atoms with van der Waals surface area (Å²) in [6, 6.07) is 0. The summed E-state index contributed by atoms with van der Waals surface area (Å²) in [7, 11) is 0. The van der Waals surface area contributed by atoms with Gasteiger partial charge in [-0.3, -0.25) is 0 Å². The molecule has 4 heteroatoms. The molecule has 1 aromatic heterocycles. The van der Waals surface area contributed by atoms with Gasteiger partial charge in [0, 0.05) is 16.5 Å². The number of hydrogen-bond donors (Lipinski definition) is 1. The predicted molar refractivity (Wildman–Crippen MR) is 49.7 cm³/mol. The molecule has 0 amide bonds. The summed E-state index contributed by atoms with van der Waals surface area (Å²) in [5.41, 5.74) is -0.00912. The average molecular weight is 204 g/mol. The van der Waals surface area contributed by atoms with Gasteiger partial charge < -0.3 is 5.11 Å². The molecule has 1 aliphatic carbocycles. The first-order valence-electron chi connectivity index (χ1n) is 3.95. The van der Waals surface area contributed by atoms with E-state index in [9.17, 15) is 5.11 Å². The first-order valence-corrected chi connectivity index (χ1v) is 5.14. The van der Waals surface area contributed by atoms with Crippen LogP contribution >= 0.6 is 22.9 Å². The number of nitrogens with zero attached hydrogens (tertiary/aromatic N) is 1. The molecule has 1 aliphatic rings. The molecule has 1 saturated carbocycles. The molecule has 0 aliphatic heterocycles. The van der Waals surface area contributed by atoms with E-state index >= 15 is 0 Å². The fourth-order valence-electron chi connectivity index (χ4n) is 1.49. The van der Waals surface area contributed by atoms with Crippen LogP contribution in [0.5, 0.6) is 0 Å². The van der Waals surface area contributed by atoms with E-state index in [1.807, 2.05) is 6.92 Å². The predicted octanol–water partition coefficient (Wildman–Crippen LogP) is 2.21. The number of halogens is 1. The summed E-state index contributed by atoms with van der Waals surface area (Å²) in [5, 5.41) is 9.54. The maximum atomic E-state index is 9.54. The van der Waals surface area contributed by atoms with Crippen molar-refractivity contribution in [3.8, 4) is 0 Å². The Bertz CT molecular complexity index is 293. The Kier molecular flexibility index (Phi) is 1.90. The minimum absolute atomic E-state index is 0.00912. The third-order valence-electron chi connectivity index (χ3n) is 2.56. The van der Waals surface area contributed by atoms with Crippen molar-refractivity contribution in [1.82, 2.24) is 4.98 Å². The maximum absolute atomic E-state index is 9.54. The maximum Gasteiger partial charge on any atom is 0.183 e. The van der Waals surface area contributed by atoms with Gasteiger partial charge in [-0.25, -0.2) is 4.98 Å². The van der Waals surface area contributed by atoms with Crippen LogP contribution in [-0.2, 0) is 5.41 Å². The topological polar surface area (TPSA) is 33.1 Å². The van der Waals surface area contributed by atoms with Crippen LogP contribution in [0.25, 0.3) is 0 Å². The fourth-order valence-corrected chi connectivity index (χ4v) is 2.76. The Morgan fingerprint density at radius 3 is 2.75 bits per heavy atom. The average Bonchev–Trinajstić information content (AvgIpc) is 2.71. The molecule has 2 rings (SSSR count). The Balaban J connectivity index is 2.30. The molecule has 1 fully saturated rings. The lowest BCUT2D eigenvalue weighted by Crippen LogP contribution is -2.21. The Labute approximate surface area is 80.2 Å². The third-order valence-corrected chi connectivity index (χ3v) is 3.89. The molecule has 1 unspecified atom stereocenters. The summed E-state index contributed by atoms with van der Waals surface area (Å²) >= 11 is 7.20. The number of aromatic nitrogens is 1. The first kappa shape index (κ1) is 8.48. The normalized spacial score (nSPS) is 22.2. The second-order valence-electron chi connectivity index (χ2n) is 3.31. The van der Waals surface area contributed by atoms with Crippen LogP contribution in [-0.4, -0.2) is 16.2 Å². The number of thiazole rings is 1. The molecular weight excluding hydrogens is 194 g/mol.